The van der Waals surface area contributed by atoms with Crippen molar-refractivity contribution in [2.45, 2.75) is 34.1 Å². The summed E-state index contributed by atoms with van der Waals surface area (Å²) in [7, 11) is 1.80. The van der Waals surface area contributed by atoms with Gasteiger partial charge in [0.1, 0.15) is 5.82 Å². The Labute approximate surface area is 160 Å². The number of hydrogen-bond acceptors (Lipinski definition) is 3. The molecule has 0 unspecified atom stereocenters. The van der Waals surface area contributed by atoms with Crippen LogP contribution >= 0.6 is 11.3 Å². The minimum absolute atomic E-state index is 0.268. The summed E-state index contributed by atoms with van der Waals surface area (Å²) >= 11 is 1.69. The molecule has 138 valence electrons. The van der Waals surface area contributed by atoms with E-state index < -0.39 is 0 Å². The average Bonchev–Trinajstić information content (AvgIpc) is 3.11. The van der Waals surface area contributed by atoms with Crippen LogP contribution in [0.2, 0.25) is 0 Å². The molecule has 0 spiro atoms. The van der Waals surface area contributed by atoms with Crippen LogP contribution in [0, 0.1) is 13.8 Å². The van der Waals surface area contributed by atoms with Crippen molar-refractivity contribution < 1.29 is 4.79 Å². The van der Waals surface area contributed by atoms with Crippen molar-refractivity contribution in [1.29, 1.82) is 0 Å². The number of nitrogens with one attached hydrogen (secondary N) is 3. The number of anilines is 1. The van der Waals surface area contributed by atoms with Crippen LogP contribution in [0.1, 0.15) is 36.3 Å². The van der Waals surface area contributed by atoms with E-state index in [4.69, 9.17) is 0 Å². The summed E-state index contributed by atoms with van der Waals surface area (Å²) in [6.45, 7) is 8.28. The highest BCUT2D eigenvalue weighted by Gasteiger charge is 2.09. The van der Waals surface area contributed by atoms with Crippen molar-refractivity contribution in [3.63, 3.8) is 0 Å². The number of allylic oxidation sites excluding steroid dienone is 3. The van der Waals surface area contributed by atoms with Gasteiger partial charge in [0.15, 0.2) is 0 Å². The van der Waals surface area contributed by atoms with Gasteiger partial charge >= 0.3 is 6.03 Å². The summed E-state index contributed by atoms with van der Waals surface area (Å²) in [5.41, 5.74) is 5.43. The van der Waals surface area contributed by atoms with Gasteiger partial charge in [-0.15, -0.1) is 11.3 Å². The van der Waals surface area contributed by atoms with Crippen LogP contribution in [-0.4, -0.2) is 13.1 Å². The molecular formula is C21H27N3OS. The van der Waals surface area contributed by atoms with E-state index in [1.54, 1.807) is 18.4 Å². The van der Waals surface area contributed by atoms with Gasteiger partial charge in [-0.3, -0.25) is 5.32 Å². The Morgan fingerprint density at radius 1 is 1.19 bits per heavy atom. The molecule has 5 heteroatoms. The second-order valence-corrected chi connectivity index (χ2v) is 7.24. The zero-order chi connectivity index (χ0) is 19.1. The smallest absolute Gasteiger partial charge is 0.324 e. The Balaban J connectivity index is 2.19. The second kappa shape index (κ2) is 9.25. The van der Waals surface area contributed by atoms with Gasteiger partial charge in [0.05, 0.1) is 0 Å². The van der Waals surface area contributed by atoms with Crippen LogP contribution < -0.4 is 16.0 Å². The lowest BCUT2D eigenvalue weighted by Crippen LogP contribution is -2.33. The number of hydrogen-bond donors (Lipinski definition) is 3. The third-order valence-corrected chi connectivity index (χ3v) is 4.97. The number of rotatable bonds is 6. The van der Waals surface area contributed by atoms with Gasteiger partial charge in [-0.1, -0.05) is 24.6 Å². The summed E-state index contributed by atoms with van der Waals surface area (Å²) in [6, 6.07) is 9.85. The first-order valence-electron chi connectivity index (χ1n) is 8.72. The molecule has 2 aromatic rings. The van der Waals surface area contributed by atoms with Gasteiger partial charge in [0.25, 0.3) is 0 Å². The fourth-order valence-corrected chi connectivity index (χ4v) is 3.49. The largest absolute Gasteiger partial charge is 0.375 e. The first-order chi connectivity index (χ1) is 12.4. The van der Waals surface area contributed by atoms with Crippen LogP contribution in [0.5, 0.6) is 0 Å². The molecule has 0 saturated heterocycles. The average molecular weight is 370 g/mol. The number of carbonyl (C=O) groups excluding carboxylic acids is 1. The number of benzene rings is 1. The Morgan fingerprint density at radius 2 is 1.88 bits per heavy atom. The van der Waals surface area contributed by atoms with Gasteiger partial charge in [0.2, 0.25) is 0 Å². The van der Waals surface area contributed by atoms with Crippen LogP contribution in [0.25, 0.3) is 5.57 Å². The maximum atomic E-state index is 12.4. The molecule has 4 nitrogen and oxygen atoms in total. The molecule has 2 amide bonds. The minimum Gasteiger partial charge on any atom is -0.375 e. The van der Waals surface area contributed by atoms with Crippen LogP contribution in [0.4, 0.5) is 10.5 Å². The van der Waals surface area contributed by atoms with Crippen molar-refractivity contribution in [1.82, 2.24) is 10.6 Å². The Hall–Kier alpha value is -2.53. The van der Waals surface area contributed by atoms with E-state index in [-0.39, 0.29) is 6.03 Å². The number of amides is 2. The normalized spacial score (nSPS) is 12.4. The predicted molar refractivity (Wildman–Crippen MR) is 112 cm³/mol. The van der Waals surface area contributed by atoms with Crippen molar-refractivity contribution >= 4 is 28.6 Å². The highest BCUT2D eigenvalue weighted by molar-refractivity contribution is 7.11. The van der Waals surface area contributed by atoms with Crippen LogP contribution in [-0.2, 0) is 0 Å². The number of carbonyl (C=O) groups is 1. The molecule has 0 aliphatic rings. The molecule has 1 aromatic heterocycles. The molecule has 0 atom stereocenters. The van der Waals surface area contributed by atoms with Crippen molar-refractivity contribution in [3.05, 3.63) is 69.2 Å². The standard InChI is InChI=1S/C21H27N3OS/c1-6-16(4)18(19-8-7-9-26-19)13-20(22-5)24-21(25)23-17-11-14(2)10-15(3)12-17/h7-13,22H,6H2,1-5H3,(H2,23,24,25)/b18-16?,20-13+. The third kappa shape index (κ3) is 5.49. The SMILES string of the molecule is CCC(C)=C(/C=C(\NC)NC(=O)Nc1cc(C)cc(C)c1)c1cccs1. The Kier molecular flexibility index (Phi) is 7.04. The molecule has 0 saturated carbocycles. The maximum absolute atomic E-state index is 12.4. The van der Waals surface area contributed by atoms with Crippen molar-refractivity contribution in [2.75, 3.05) is 12.4 Å². The Morgan fingerprint density at radius 3 is 2.42 bits per heavy atom. The summed E-state index contributed by atoms with van der Waals surface area (Å²) in [5.74, 6) is 0.656. The maximum Gasteiger partial charge on any atom is 0.324 e. The molecule has 0 aliphatic heterocycles. The molecule has 2 rings (SSSR count). The van der Waals surface area contributed by atoms with Gasteiger partial charge in [-0.25, -0.2) is 4.79 Å². The van der Waals surface area contributed by atoms with Crippen molar-refractivity contribution in [2.24, 2.45) is 0 Å². The number of urea groups is 1. The van der Waals surface area contributed by atoms with E-state index in [0.29, 0.717) is 5.82 Å². The lowest BCUT2D eigenvalue weighted by atomic mass is 10.1. The highest BCUT2D eigenvalue weighted by Crippen LogP contribution is 2.26. The van der Waals surface area contributed by atoms with Crippen LogP contribution in [0.3, 0.4) is 0 Å². The zero-order valence-corrected chi connectivity index (χ0v) is 16.9. The monoisotopic (exact) mass is 369 g/mol. The molecule has 0 radical (unpaired) electrons. The predicted octanol–water partition coefficient (Wildman–Crippen LogP) is 5.43. The van der Waals surface area contributed by atoms with Gasteiger partial charge in [-0.2, -0.15) is 0 Å². The number of aryl methyl sites for hydroxylation is 2. The topological polar surface area (TPSA) is 53.2 Å². The fourth-order valence-electron chi connectivity index (χ4n) is 2.67. The summed E-state index contributed by atoms with van der Waals surface area (Å²) in [6.07, 6.45) is 2.95. The third-order valence-electron chi connectivity index (χ3n) is 4.06. The summed E-state index contributed by atoms with van der Waals surface area (Å²) in [5, 5.41) is 10.9. The molecule has 26 heavy (non-hydrogen) atoms. The van der Waals surface area contributed by atoms with E-state index in [1.165, 1.54) is 10.5 Å². The van der Waals surface area contributed by atoms with E-state index >= 15 is 0 Å². The molecule has 0 fully saturated rings. The molecule has 3 N–H and O–H groups in total. The van der Waals surface area contributed by atoms with Gasteiger partial charge in [0, 0.05) is 17.6 Å². The lowest BCUT2D eigenvalue weighted by molar-refractivity contribution is 0.254. The highest BCUT2D eigenvalue weighted by atomic mass is 32.1. The first kappa shape index (κ1) is 19.8. The van der Waals surface area contributed by atoms with E-state index in [1.807, 2.05) is 38.1 Å². The molecule has 1 heterocycles. The molecule has 0 bridgehead atoms. The minimum atomic E-state index is -0.268. The van der Waals surface area contributed by atoms with Crippen LogP contribution in [0.15, 0.2) is 53.2 Å². The quantitative estimate of drug-likeness (QED) is 0.595. The van der Waals surface area contributed by atoms with Crippen molar-refractivity contribution in [3.8, 4) is 0 Å². The fraction of sp³-hybridized carbons (Fsp3) is 0.286. The lowest BCUT2D eigenvalue weighted by Gasteiger charge is -2.13. The van der Waals surface area contributed by atoms with E-state index in [9.17, 15) is 4.79 Å². The van der Waals surface area contributed by atoms with E-state index in [0.717, 1.165) is 28.8 Å². The Bertz CT molecular complexity index is 800. The first-order valence-corrected chi connectivity index (χ1v) is 9.60. The molecular weight excluding hydrogens is 342 g/mol. The second-order valence-electron chi connectivity index (χ2n) is 6.29. The summed E-state index contributed by atoms with van der Waals surface area (Å²) < 4.78 is 0. The molecule has 0 aliphatic carbocycles. The zero-order valence-electron chi connectivity index (χ0n) is 16.1. The molecule has 1 aromatic carbocycles. The van der Waals surface area contributed by atoms with Gasteiger partial charge in [-0.05, 0) is 73.5 Å². The van der Waals surface area contributed by atoms with Gasteiger partial charge < -0.3 is 10.6 Å². The summed E-state index contributed by atoms with van der Waals surface area (Å²) in [4.78, 5) is 13.6. The number of thiophene rings is 1. The van der Waals surface area contributed by atoms with E-state index in [2.05, 4.69) is 47.3 Å².